The van der Waals surface area contributed by atoms with Crippen LogP contribution in [0, 0.1) is 12.3 Å². The van der Waals surface area contributed by atoms with Crippen molar-refractivity contribution in [2.24, 2.45) is 5.41 Å². The summed E-state index contributed by atoms with van der Waals surface area (Å²) in [4.78, 5) is 12.7. The molecule has 94 valence electrons. The Bertz CT molecular complexity index is 594. The van der Waals surface area contributed by atoms with Crippen LogP contribution in [-0.4, -0.2) is 5.78 Å². The molecule has 0 N–H and O–H groups in total. The average molecular weight is 240 g/mol. The fourth-order valence-corrected chi connectivity index (χ4v) is 2.18. The van der Waals surface area contributed by atoms with Crippen LogP contribution in [0.25, 0.3) is 10.8 Å². The Morgan fingerprint density at radius 1 is 1.11 bits per heavy atom. The molecule has 0 amide bonds. The van der Waals surface area contributed by atoms with Crippen molar-refractivity contribution in [3.05, 3.63) is 47.5 Å². The molecule has 2 aromatic carbocycles. The Morgan fingerprint density at radius 3 is 2.44 bits per heavy atom. The number of aryl methyl sites for hydroxylation is 1. The van der Waals surface area contributed by atoms with Gasteiger partial charge in [-0.25, -0.2) is 0 Å². The van der Waals surface area contributed by atoms with E-state index in [0.717, 1.165) is 28.3 Å². The Labute approximate surface area is 109 Å². The molecular formula is C17H20O. The van der Waals surface area contributed by atoms with Gasteiger partial charge in [0.15, 0.2) is 5.78 Å². The predicted octanol–water partition coefficient (Wildman–Crippen LogP) is 4.77. The number of carbonyl (C=O) groups excluding carboxylic acids is 1. The molecule has 0 bridgehead atoms. The quantitative estimate of drug-likeness (QED) is 0.706. The van der Waals surface area contributed by atoms with Crippen LogP contribution < -0.4 is 0 Å². The highest BCUT2D eigenvalue weighted by atomic mass is 16.1. The van der Waals surface area contributed by atoms with Crippen molar-refractivity contribution in [3.63, 3.8) is 0 Å². The topological polar surface area (TPSA) is 17.1 Å². The highest BCUT2D eigenvalue weighted by Gasteiger charge is 2.28. The molecule has 18 heavy (non-hydrogen) atoms. The Balaban J connectivity index is 2.70. The van der Waals surface area contributed by atoms with E-state index in [9.17, 15) is 4.79 Å². The van der Waals surface area contributed by atoms with Gasteiger partial charge in [0.1, 0.15) is 0 Å². The molecule has 0 radical (unpaired) electrons. The van der Waals surface area contributed by atoms with Crippen LogP contribution >= 0.6 is 0 Å². The highest BCUT2D eigenvalue weighted by Crippen LogP contribution is 2.31. The van der Waals surface area contributed by atoms with Crippen molar-refractivity contribution in [2.45, 2.75) is 34.1 Å². The number of Topliss-reactive ketones (excluding diaryl/α,β-unsaturated/α-hetero) is 1. The van der Waals surface area contributed by atoms with Crippen LogP contribution in [0.15, 0.2) is 36.4 Å². The second-order valence-corrected chi connectivity index (χ2v) is 5.55. The van der Waals surface area contributed by atoms with Crippen molar-refractivity contribution in [2.75, 3.05) is 0 Å². The van der Waals surface area contributed by atoms with Crippen LogP contribution in [0.1, 0.15) is 43.1 Å². The maximum absolute atomic E-state index is 12.7. The minimum absolute atomic E-state index is 0.249. The van der Waals surface area contributed by atoms with Crippen LogP contribution in [0.3, 0.4) is 0 Å². The van der Waals surface area contributed by atoms with E-state index in [-0.39, 0.29) is 11.2 Å². The third kappa shape index (κ3) is 2.05. The maximum atomic E-state index is 12.7. The van der Waals surface area contributed by atoms with E-state index in [1.807, 2.05) is 45.0 Å². The number of hydrogen-bond donors (Lipinski definition) is 0. The first-order chi connectivity index (χ1) is 8.47. The third-order valence-electron chi connectivity index (χ3n) is 3.86. The van der Waals surface area contributed by atoms with E-state index in [4.69, 9.17) is 0 Å². The number of benzene rings is 2. The van der Waals surface area contributed by atoms with Gasteiger partial charge in [-0.3, -0.25) is 4.79 Å². The Hall–Kier alpha value is -1.63. The van der Waals surface area contributed by atoms with Crippen LogP contribution in [0.4, 0.5) is 0 Å². The minimum atomic E-state index is -0.297. The number of ketones is 1. The number of fused-ring (bicyclic) bond motifs is 1. The van der Waals surface area contributed by atoms with E-state index >= 15 is 0 Å². The minimum Gasteiger partial charge on any atom is -0.294 e. The molecule has 0 unspecified atom stereocenters. The largest absolute Gasteiger partial charge is 0.294 e. The lowest BCUT2D eigenvalue weighted by atomic mass is 9.79. The molecule has 0 aliphatic heterocycles. The molecule has 1 nitrogen and oxygen atoms in total. The fourth-order valence-electron chi connectivity index (χ4n) is 2.18. The third-order valence-corrected chi connectivity index (χ3v) is 3.86. The number of rotatable bonds is 3. The summed E-state index contributed by atoms with van der Waals surface area (Å²) in [5, 5.41) is 2.21. The van der Waals surface area contributed by atoms with Crippen molar-refractivity contribution in [1.29, 1.82) is 0 Å². The normalized spacial score (nSPS) is 11.8. The number of hydrogen-bond acceptors (Lipinski definition) is 1. The summed E-state index contributed by atoms with van der Waals surface area (Å²) >= 11 is 0. The summed E-state index contributed by atoms with van der Waals surface area (Å²) in [6.45, 7) is 8.14. The summed E-state index contributed by atoms with van der Waals surface area (Å²) < 4.78 is 0. The van der Waals surface area contributed by atoms with Gasteiger partial charge in [-0.05, 0) is 29.7 Å². The second-order valence-electron chi connectivity index (χ2n) is 5.55. The first kappa shape index (κ1) is 12.8. The smallest absolute Gasteiger partial charge is 0.169 e. The Kier molecular flexibility index (Phi) is 3.25. The molecule has 0 aliphatic carbocycles. The van der Waals surface area contributed by atoms with Crippen LogP contribution in [0.2, 0.25) is 0 Å². The van der Waals surface area contributed by atoms with Gasteiger partial charge < -0.3 is 0 Å². The second kappa shape index (κ2) is 4.56. The predicted molar refractivity (Wildman–Crippen MR) is 77.1 cm³/mol. The molecule has 0 fully saturated rings. The lowest BCUT2D eigenvalue weighted by Crippen LogP contribution is -2.24. The zero-order valence-corrected chi connectivity index (χ0v) is 11.6. The monoisotopic (exact) mass is 240 g/mol. The molecule has 2 rings (SSSR count). The van der Waals surface area contributed by atoms with E-state index in [2.05, 4.69) is 19.1 Å². The first-order valence-electron chi connectivity index (χ1n) is 6.50. The van der Waals surface area contributed by atoms with Gasteiger partial charge in [0, 0.05) is 11.0 Å². The number of carbonyl (C=O) groups is 1. The van der Waals surface area contributed by atoms with Crippen molar-refractivity contribution in [1.82, 2.24) is 0 Å². The van der Waals surface area contributed by atoms with Crippen LogP contribution in [-0.2, 0) is 0 Å². The molecule has 0 saturated heterocycles. The summed E-state index contributed by atoms with van der Waals surface area (Å²) in [7, 11) is 0. The molecule has 0 aromatic heterocycles. The Morgan fingerprint density at radius 2 is 1.78 bits per heavy atom. The SMILES string of the molecule is CCC(C)(C)C(=O)c1c(C)ccc2ccccc12. The summed E-state index contributed by atoms with van der Waals surface area (Å²) in [5.41, 5.74) is 1.66. The van der Waals surface area contributed by atoms with Gasteiger partial charge in [0.2, 0.25) is 0 Å². The van der Waals surface area contributed by atoms with E-state index in [1.165, 1.54) is 0 Å². The lowest BCUT2D eigenvalue weighted by Gasteiger charge is -2.23. The zero-order chi connectivity index (χ0) is 13.3. The molecule has 0 spiro atoms. The van der Waals surface area contributed by atoms with Crippen molar-refractivity contribution >= 4 is 16.6 Å². The summed E-state index contributed by atoms with van der Waals surface area (Å²) in [5.74, 6) is 0.249. The molecule has 0 saturated carbocycles. The highest BCUT2D eigenvalue weighted by molar-refractivity contribution is 6.11. The van der Waals surface area contributed by atoms with Gasteiger partial charge in [-0.1, -0.05) is 57.2 Å². The fraction of sp³-hybridized carbons (Fsp3) is 0.353. The van der Waals surface area contributed by atoms with Crippen molar-refractivity contribution < 1.29 is 4.79 Å². The summed E-state index contributed by atoms with van der Waals surface area (Å²) in [6.07, 6.45) is 0.856. The van der Waals surface area contributed by atoms with E-state index in [1.54, 1.807) is 0 Å². The maximum Gasteiger partial charge on any atom is 0.169 e. The van der Waals surface area contributed by atoms with Crippen LogP contribution in [0.5, 0.6) is 0 Å². The molecule has 2 aromatic rings. The van der Waals surface area contributed by atoms with E-state index in [0.29, 0.717) is 0 Å². The van der Waals surface area contributed by atoms with Gasteiger partial charge in [-0.2, -0.15) is 0 Å². The molecule has 0 atom stereocenters. The standard InChI is InChI=1S/C17H20O/c1-5-17(3,4)16(18)15-12(2)10-11-13-8-6-7-9-14(13)15/h6-11H,5H2,1-4H3. The van der Waals surface area contributed by atoms with Gasteiger partial charge in [0.05, 0.1) is 0 Å². The van der Waals surface area contributed by atoms with Gasteiger partial charge in [0.25, 0.3) is 0 Å². The van der Waals surface area contributed by atoms with Gasteiger partial charge >= 0.3 is 0 Å². The molecule has 0 heterocycles. The van der Waals surface area contributed by atoms with E-state index < -0.39 is 0 Å². The lowest BCUT2D eigenvalue weighted by molar-refractivity contribution is 0.0834. The average Bonchev–Trinajstić information content (AvgIpc) is 2.38. The van der Waals surface area contributed by atoms with Crippen molar-refractivity contribution in [3.8, 4) is 0 Å². The molecular weight excluding hydrogens is 220 g/mol. The first-order valence-corrected chi connectivity index (χ1v) is 6.50. The molecule has 0 aliphatic rings. The zero-order valence-electron chi connectivity index (χ0n) is 11.6. The molecule has 1 heteroatoms. The van der Waals surface area contributed by atoms with Gasteiger partial charge in [-0.15, -0.1) is 0 Å². The summed E-state index contributed by atoms with van der Waals surface area (Å²) in [6, 6.07) is 12.2.